The van der Waals surface area contributed by atoms with Gasteiger partial charge in [0.15, 0.2) is 0 Å². The molecule has 2 aromatic rings. The molecule has 4 rings (SSSR count). The van der Waals surface area contributed by atoms with E-state index < -0.39 is 0 Å². The minimum atomic E-state index is 0.0734. The molecule has 4 heterocycles. The summed E-state index contributed by atoms with van der Waals surface area (Å²) in [7, 11) is 3.96. The largest absolute Gasteiger partial charge is 0.363 e. The first-order valence-electron chi connectivity index (χ1n) is 9.81. The van der Waals surface area contributed by atoms with Gasteiger partial charge >= 0.3 is 0 Å². The molecule has 2 aliphatic heterocycles. The molecule has 8 nitrogen and oxygen atoms in total. The fourth-order valence-electron chi connectivity index (χ4n) is 4.34. The summed E-state index contributed by atoms with van der Waals surface area (Å²) in [5.41, 5.74) is 1.99. The van der Waals surface area contributed by atoms with Crippen LogP contribution >= 0.6 is 0 Å². The minimum absolute atomic E-state index is 0.0734. The smallest absolute Gasteiger partial charge is 0.223 e. The zero-order valence-corrected chi connectivity index (χ0v) is 17.1. The van der Waals surface area contributed by atoms with Crippen LogP contribution in [0.15, 0.2) is 16.9 Å². The van der Waals surface area contributed by atoms with E-state index in [0.717, 1.165) is 61.1 Å². The number of anilines is 2. The maximum absolute atomic E-state index is 12.7. The second kappa shape index (κ2) is 7.07. The van der Waals surface area contributed by atoms with Gasteiger partial charge in [-0.15, -0.1) is 0 Å². The Kier molecular flexibility index (Phi) is 4.72. The van der Waals surface area contributed by atoms with Crippen LogP contribution in [0.4, 0.5) is 11.6 Å². The predicted octanol–water partition coefficient (Wildman–Crippen LogP) is 2.17. The molecule has 0 aliphatic carbocycles. The van der Waals surface area contributed by atoms with Crippen molar-refractivity contribution in [2.75, 3.05) is 43.5 Å². The third-order valence-electron chi connectivity index (χ3n) is 6.18. The Morgan fingerprint density at radius 2 is 1.96 bits per heavy atom. The Bertz CT molecular complexity index is 850. The van der Waals surface area contributed by atoms with Crippen molar-refractivity contribution >= 4 is 17.5 Å². The molecule has 1 spiro atoms. The second-order valence-electron chi connectivity index (χ2n) is 8.35. The number of hydrogen-bond donors (Lipinski definition) is 0. The number of amides is 1. The van der Waals surface area contributed by atoms with E-state index in [1.54, 1.807) is 6.33 Å². The number of hydrogen-bond acceptors (Lipinski definition) is 7. The van der Waals surface area contributed by atoms with Crippen molar-refractivity contribution in [2.24, 2.45) is 5.41 Å². The highest BCUT2D eigenvalue weighted by Gasteiger charge is 2.45. The maximum Gasteiger partial charge on any atom is 0.223 e. The monoisotopic (exact) mass is 384 g/mol. The fourth-order valence-corrected chi connectivity index (χ4v) is 4.34. The Morgan fingerprint density at radius 1 is 1.21 bits per heavy atom. The van der Waals surface area contributed by atoms with Gasteiger partial charge in [-0.2, -0.15) is 0 Å². The van der Waals surface area contributed by atoms with E-state index in [1.807, 2.05) is 43.8 Å². The highest BCUT2D eigenvalue weighted by Crippen LogP contribution is 2.42. The molecule has 2 aromatic heterocycles. The van der Waals surface area contributed by atoms with Gasteiger partial charge in [0, 0.05) is 57.2 Å². The van der Waals surface area contributed by atoms with Gasteiger partial charge in [-0.3, -0.25) is 4.79 Å². The van der Waals surface area contributed by atoms with E-state index in [0.29, 0.717) is 13.0 Å². The molecule has 28 heavy (non-hydrogen) atoms. The number of nitrogens with zero attached hydrogens (tertiary/aromatic N) is 6. The maximum atomic E-state index is 12.7. The summed E-state index contributed by atoms with van der Waals surface area (Å²) in [5.74, 6) is 2.92. The molecule has 0 aromatic carbocycles. The van der Waals surface area contributed by atoms with Crippen molar-refractivity contribution < 1.29 is 9.32 Å². The van der Waals surface area contributed by atoms with Crippen molar-refractivity contribution in [3.05, 3.63) is 29.4 Å². The SMILES string of the molecule is Cc1noc(C)c1CN1CC2(CCN(c3cc(N(C)C)ncn3)CC2)CC1=O. The highest BCUT2D eigenvalue weighted by atomic mass is 16.5. The van der Waals surface area contributed by atoms with Crippen molar-refractivity contribution in [1.29, 1.82) is 0 Å². The number of aryl methyl sites for hydroxylation is 2. The average molecular weight is 384 g/mol. The van der Waals surface area contributed by atoms with Crippen LogP contribution in [0, 0.1) is 19.3 Å². The molecule has 0 unspecified atom stereocenters. The van der Waals surface area contributed by atoms with Gasteiger partial charge in [-0.1, -0.05) is 5.16 Å². The number of carbonyl (C=O) groups excluding carboxylic acids is 1. The predicted molar refractivity (Wildman–Crippen MR) is 106 cm³/mol. The molecule has 2 aliphatic rings. The summed E-state index contributed by atoms with van der Waals surface area (Å²) in [6.45, 7) is 7.09. The molecule has 0 N–H and O–H groups in total. The zero-order chi connectivity index (χ0) is 19.9. The lowest BCUT2D eigenvalue weighted by molar-refractivity contribution is -0.128. The summed E-state index contributed by atoms with van der Waals surface area (Å²) in [6, 6.07) is 2.03. The molecule has 0 bridgehead atoms. The lowest BCUT2D eigenvalue weighted by atomic mass is 9.77. The number of rotatable bonds is 4. The molecule has 0 radical (unpaired) electrons. The Balaban J connectivity index is 1.42. The number of likely N-dealkylation sites (tertiary alicyclic amines) is 1. The van der Waals surface area contributed by atoms with Crippen molar-refractivity contribution in [3.63, 3.8) is 0 Å². The summed E-state index contributed by atoms with van der Waals surface area (Å²) in [4.78, 5) is 27.7. The fraction of sp³-hybridized carbons (Fsp3) is 0.600. The van der Waals surface area contributed by atoms with Crippen molar-refractivity contribution in [2.45, 2.75) is 39.7 Å². The Hall–Kier alpha value is -2.64. The quantitative estimate of drug-likeness (QED) is 0.799. The van der Waals surface area contributed by atoms with Crippen LogP contribution in [-0.2, 0) is 11.3 Å². The normalized spacial score (nSPS) is 18.9. The highest BCUT2D eigenvalue weighted by molar-refractivity contribution is 5.79. The first-order chi connectivity index (χ1) is 13.4. The minimum Gasteiger partial charge on any atom is -0.363 e. The van der Waals surface area contributed by atoms with E-state index in [-0.39, 0.29) is 11.3 Å². The summed E-state index contributed by atoms with van der Waals surface area (Å²) in [6.07, 6.45) is 4.26. The summed E-state index contributed by atoms with van der Waals surface area (Å²) < 4.78 is 5.26. The van der Waals surface area contributed by atoms with Crippen LogP contribution in [0.5, 0.6) is 0 Å². The molecule has 2 saturated heterocycles. The molecule has 0 saturated carbocycles. The first-order valence-corrected chi connectivity index (χ1v) is 9.81. The van der Waals surface area contributed by atoms with Crippen molar-refractivity contribution in [3.8, 4) is 0 Å². The lowest BCUT2D eigenvalue weighted by Crippen LogP contribution is -2.42. The van der Waals surface area contributed by atoms with Crippen LogP contribution in [0.1, 0.15) is 36.3 Å². The molecular formula is C20H28N6O2. The van der Waals surface area contributed by atoms with Crippen LogP contribution in [-0.4, -0.2) is 59.7 Å². The Morgan fingerprint density at radius 3 is 2.61 bits per heavy atom. The van der Waals surface area contributed by atoms with E-state index in [1.165, 1.54) is 0 Å². The van der Waals surface area contributed by atoms with E-state index in [9.17, 15) is 4.79 Å². The van der Waals surface area contributed by atoms with E-state index >= 15 is 0 Å². The molecule has 150 valence electrons. The van der Waals surface area contributed by atoms with Gasteiger partial charge in [0.25, 0.3) is 0 Å². The second-order valence-corrected chi connectivity index (χ2v) is 8.35. The van der Waals surface area contributed by atoms with Gasteiger partial charge in [0.1, 0.15) is 23.7 Å². The molecule has 0 atom stereocenters. The number of carbonyl (C=O) groups is 1. The number of piperidine rings is 1. The van der Waals surface area contributed by atoms with Gasteiger partial charge in [-0.25, -0.2) is 9.97 Å². The van der Waals surface area contributed by atoms with Gasteiger partial charge < -0.3 is 19.2 Å². The summed E-state index contributed by atoms with van der Waals surface area (Å²) in [5, 5.41) is 4.02. The topological polar surface area (TPSA) is 78.6 Å². The van der Waals surface area contributed by atoms with Gasteiger partial charge in [0.2, 0.25) is 5.91 Å². The molecule has 2 fully saturated rings. The van der Waals surface area contributed by atoms with E-state index in [4.69, 9.17) is 4.52 Å². The summed E-state index contributed by atoms with van der Waals surface area (Å²) >= 11 is 0. The third-order valence-corrected chi connectivity index (χ3v) is 6.18. The average Bonchev–Trinajstić information content (AvgIpc) is 3.16. The van der Waals surface area contributed by atoms with Crippen LogP contribution in [0.25, 0.3) is 0 Å². The van der Waals surface area contributed by atoms with Crippen LogP contribution in [0.2, 0.25) is 0 Å². The third kappa shape index (κ3) is 3.43. The first kappa shape index (κ1) is 18.7. The Labute approximate surface area is 165 Å². The van der Waals surface area contributed by atoms with Crippen molar-refractivity contribution in [1.82, 2.24) is 20.0 Å². The zero-order valence-electron chi connectivity index (χ0n) is 17.1. The molecule has 1 amide bonds. The number of aromatic nitrogens is 3. The van der Waals surface area contributed by atoms with Gasteiger partial charge in [0.05, 0.1) is 12.2 Å². The van der Waals surface area contributed by atoms with Crippen LogP contribution < -0.4 is 9.80 Å². The van der Waals surface area contributed by atoms with Gasteiger partial charge in [-0.05, 0) is 26.7 Å². The molecular weight excluding hydrogens is 356 g/mol. The lowest BCUT2D eigenvalue weighted by Gasteiger charge is -2.39. The van der Waals surface area contributed by atoms with Crippen LogP contribution in [0.3, 0.4) is 0 Å². The standard InChI is InChI=1S/C20H28N6O2/c1-14-16(15(2)28-23-14)11-26-12-20(10-19(26)27)5-7-25(8-6-20)18-9-17(24(3)4)21-13-22-18/h9,13H,5-8,10-12H2,1-4H3. The van der Waals surface area contributed by atoms with E-state index in [2.05, 4.69) is 20.0 Å². The molecule has 8 heteroatoms.